The topological polar surface area (TPSA) is 68.9 Å². The van der Waals surface area contributed by atoms with Crippen LogP contribution in [-0.4, -0.2) is 15.9 Å². The number of rotatable bonds is 3. The number of benzene rings is 1. The molecule has 0 spiro atoms. The van der Waals surface area contributed by atoms with Crippen LogP contribution in [0.25, 0.3) is 11.3 Å². The normalized spacial score (nSPS) is 10.6. The fourth-order valence-corrected chi connectivity index (χ4v) is 2.08. The molecule has 1 heterocycles. The van der Waals surface area contributed by atoms with Crippen molar-refractivity contribution in [1.29, 1.82) is 0 Å². The van der Waals surface area contributed by atoms with Crippen LogP contribution in [0.1, 0.15) is 35.7 Å². The standard InChI is InChI=1S/C14H15N3O/c1-9(2)13-10(12-6-7-16-8-17-12)4-3-5-11(13)14(15)18/h3-9H,1-2H3,(H2,15,18). The number of hydrogen-bond acceptors (Lipinski definition) is 3. The summed E-state index contributed by atoms with van der Waals surface area (Å²) in [6, 6.07) is 7.35. The Bertz CT molecular complexity index is 565. The molecule has 2 aromatic rings. The van der Waals surface area contributed by atoms with Crippen LogP contribution < -0.4 is 5.73 Å². The molecule has 0 saturated carbocycles. The maximum Gasteiger partial charge on any atom is 0.249 e. The van der Waals surface area contributed by atoms with Gasteiger partial charge in [0, 0.05) is 17.3 Å². The van der Waals surface area contributed by atoms with Gasteiger partial charge in [0.15, 0.2) is 0 Å². The van der Waals surface area contributed by atoms with Crippen molar-refractivity contribution in [1.82, 2.24) is 9.97 Å². The molecule has 18 heavy (non-hydrogen) atoms. The van der Waals surface area contributed by atoms with E-state index < -0.39 is 5.91 Å². The molecule has 2 rings (SSSR count). The van der Waals surface area contributed by atoms with E-state index in [1.54, 1.807) is 12.3 Å². The summed E-state index contributed by atoms with van der Waals surface area (Å²) in [5.74, 6) is -0.215. The Morgan fingerprint density at radius 2 is 2.06 bits per heavy atom. The lowest BCUT2D eigenvalue weighted by Gasteiger charge is -2.15. The maximum atomic E-state index is 11.5. The second-order valence-corrected chi connectivity index (χ2v) is 4.38. The minimum Gasteiger partial charge on any atom is -0.366 e. The Labute approximate surface area is 106 Å². The van der Waals surface area contributed by atoms with Gasteiger partial charge in [-0.2, -0.15) is 0 Å². The molecule has 4 nitrogen and oxygen atoms in total. The fourth-order valence-electron chi connectivity index (χ4n) is 2.08. The zero-order chi connectivity index (χ0) is 13.1. The molecule has 0 aliphatic heterocycles. The summed E-state index contributed by atoms with van der Waals surface area (Å²) in [5, 5.41) is 0. The lowest BCUT2D eigenvalue weighted by Crippen LogP contribution is -2.15. The third kappa shape index (κ3) is 2.22. The molecule has 92 valence electrons. The van der Waals surface area contributed by atoms with Gasteiger partial charge < -0.3 is 5.73 Å². The summed E-state index contributed by atoms with van der Waals surface area (Å²) in [4.78, 5) is 19.6. The molecule has 0 saturated heterocycles. The summed E-state index contributed by atoms with van der Waals surface area (Å²) in [6.07, 6.45) is 3.18. The zero-order valence-corrected chi connectivity index (χ0v) is 10.4. The van der Waals surface area contributed by atoms with E-state index in [9.17, 15) is 4.79 Å². The van der Waals surface area contributed by atoms with Crippen LogP contribution in [0.2, 0.25) is 0 Å². The Morgan fingerprint density at radius 1 is 1.28 bits per heavy atom. The van der Waals surface area contributed by atoms with Gasteiger partial charge in [-0.15, -0.1) is 0 Å². The molecule has 4 heteroatoms. The smallest absolute Gasteiger partial charge is 0.249 e. The van der Waals surface area contributed by atoms with Crippen LogP contribution >= 0.6 is 0 Å². The van der Waals surface area contributed by atoms with E-state index in [1.807, 2.05) is 32.0 Å². The monoisotopic (exact) mass is 241 g/mol. The number of hydrogen-bond donors (Lipinski definition) is 1. The number of nitrogens with zero attached hydrogens (tertiary/aromatic N) is 2. The highest BCUT2D eigenvalue weighted by Gasteiger charge is 2.16. The number of primary amides is 1. The number of nitrogens with two attached hydrogens (primary N) is 1. The van der Waals surface area contributed by atoms with E-state index in [1.165, 1.54) is 6.33 Å². The summed E-state index contributed by atoms with van der Waals surface area (Å²) in [6.45, 7) is 4.07. The largest absolute Gasteiger partial charge is 0.366 e. The van der Waals surface area contributed by atoms with Gasteiger partial charge in [0.05, 0.1) is 5.69 Å². The van der Waals surface area contributed by atoms with Crippen LogP contribution in [0.4, 0.5) is 0 Å². The molecule has 0 aliphatic rings. The summed E-state index contributed by atoms with van der Waals surface area (Å²) >= 11 is 0. The highest BCUT2D eigenvalue weighted by atomic mass is 16.1. The van der Waals surface area contributed by atoms with E-state index in [-0.39, 0.29) is 5.92 Å². The molecule has 0 radical (unpaired) electrons. The highest BCUT2D eigenvalue weighted by Crippen LogP contribution is 2.30. The first-order chi connectivity index (χ1) is 8.61. The lowest BCUT2D eigenvalue weighted by molar-refractivity contribution is 0.0999. The zero-order valence-electron chi connectivity index (χ0n) is 10.4. The van der Waals surface area contributed by atoms with Crippen molar-refractivity contribution in [3.05, 3.63) is 47.9 Å². The quantitative estimate of drug-likeness (QED) is 0.896. The molecule has 1 aromatic carbocycles. The van der Waals surface area contributed by atoms with E-state index in [2.05, 4.69) is 9.97 Å². The molecule has 1 amide bonds. The van der Waals surface area contributed by atoms with Gasteiger partial charge in [-0.3, -0.25) is 4.79 Å². The van der Waals surface area contributed by atoms with E-state index in [0.717, 1.165) is 16.8 Å². The molecule has 0 fully saturated rings. The highest BCUT2D eigenvalue weighted by molar-refractivity contribution is 5.96. The molecule has 1 aromatic heterocycles. The Balaban J connectivity index is 2.68. The minimum atomic E-state index is -0.408. The van der Waals surface area contributed by atoms with Gasteiger partial charge in [0.2, 0.25) is 5.91 Å². The van der Waals surface area contributed by atoms with Gasteiger partial charge in [-0.25, -0.2) is 9.97 Å². The van der Waals surface area contributed by atoms with E-state index >= 15 is 0 Å². The van der Waals surface area contributed by atoms with E-state index in [4.69, 9.17) is 5.73 Å². The SMILES string of the molecule is CC(C)c1c(C(N)=O)cccc1-c1ccncn1. The number of amides is 1. The third-order valence-electron chi connectivity index (χ3n) is 2.81. The van der Waals surface area contributed by atoms with Gasteiger partial charge in [-0.05, 0) is 23.6 Å². The minimum absolute atomic E-state index is 0.193. The Morgan fingerprint density at radius 3 is 2.61 bits per heavy atom. The predicted octanol–water partition coefficient (Wildman–Crippen LogP) is 2.37. The average Bonchev–Trinajstić information content (AvgIpc) is 2.38. The maximum absolute atomic E-state index is 11.5. The van der Waals surface area contributed by atoms with Gasteiger partial charge in [0.25, 0.3) is 0 Å². The molecule has 0 unspecified atom stereocenters. The molecule has 0 aliphatic carbocycles. The van der Waals surface area contributed by atoms with Gasteiger partial charge in [-0.1, -0.05) is 26.0 Å². The van der Waals surface area contributed by atoms with Crippen LogP contribution in [0.15, 0.2) is 36.8 Å². The fraction of sp³-hybridized carbons (Fsp3) is 0.214. The molecule has 2 N–H and O–H groups in total. The van der Waals surface area contributed by atoms with Gasteiger partial charge >= 0.3 is 0 Å². The van der Waals surface area contributed by atoms with Crippen molar-refractivity contribution < 1.29 is 4.79 Å². The molecular weight excluding hydrogens is 226 g/mol. The van der Waals surface area contributed by atoms with Crippen LogP contribution in [0.5, 0.6) is 0 Å². The van der Waals surface area contributed by atoms with Crippen molar-refractivity contribution in [3.63, 3.8) is 0 Å². The van der Waals surface area contributed by atoms with Crippen LogP contribution in [0, 0.1) is 0 Å². The molecular formula is C14H15N3O. The van der Waals surface area contributed by atoms with Gasteiger partial charge in [0.1, 0.15) is 6.33 Å². The first kappa shape index (κ1) is 12.2. The lowest BCUT2D eigenvalue weighted by atomic mass is 9.90. The molecule has 0 bridgehead atoms. The molecule has 0 atom stereocenters. The summed E-state index contributed by atoms with van der Waals surface area (Å²) in [5.41, 5.74) is 8.65. The van der Waals surface area contributed by atoms with Crippen LogP contribution in [-0.2, 0) is 0 Å². The third-order valence-corrected chi connectivity index (χ3v) is 2.81. The first-order valence-corrected chi connectivity index (χ1v) is 5.80. The number of carbonyl (C=O) groups excluding carboxylic acids is 1. The number of carbonyl (C=O) groups is 1. The van der Waals surface area contributed by atoms with E-state index in [0.29, 0.717) is 5.56 Å². The second-order valence-electron chi connectivity index (χ2n) is 4.38. The Kier molecular flexibility index (Phi) is 3.37. The van der Waals surface area contributed by atoms with Crippen LogP contribution in [0.3, 0.4) is 0 Å². The van der Waals surface area contributed by atoms with Crippen molar-refractivity contribution in [3.8, 4) is 11.3 Å². The van der Waals surface area contributed by atoms with Crippen molar-refractivity contribution in [2.24, 2.45) is 5.73 Å². The average molecular weight is 241 g/mol. The Hall–Kier alpha value is -2.23. The first-order valence-electron chi connectivity index (χ1n) is 5.80. The number of aromatic nitrogens is 2. The summed E-state index contributed by atoms with van der Waals surface area (Å²) in [7, 11) is 0. The van der Waals surface area contributed by atoms with Crippen molar-refractivity contribution in [2.45, 2.75) is 19.8 Å². The van der Waals surface area contributed by atoms with Crippen molar-refractivity contribution in [2.75, 3.05) is 0 Å². The van der Waals surface area contributed by atoms with Crippen molar-refractivity contribution >= 4 is 5.91 Å². The summed E-state index contributed by atoms with van der Waals surface area (Å²) < 4.78 is 0. The second kappa shape index (κ2) is 4.96. The predicted molar refractivity (Wildman–Crippen MR) is 70.1 cm³/mol.